The Morgan fingerprint density at radius 1 is 0.643 bits per heavy atom. The first-order valence-electron chi connectivity index (χ1n) is 6.41. The molecular formula is C12H26BrNa. The van der Waals surface area contributed by atoms with Gasteiger partial charge >= 0.3 is 103 Å². The second-order valence-corrected chi connectivity index (χ2v) is 5.18. The SMILES string of the molecule is Br.CCCCCCCCCCC[CH2][Na]. The molecule has 14 heavy (non-hydrogen) atoms. The van der Waals surface area contributed by atoms with Crippen LogP contribution in [0.4, 0.5) is 0 Å². The van der Waals surface area contributed by atoms with Gasteiger partial charge in [-0.2, -0.15) is 0 Å². The third-order valence-electron chi connectivity index (χ3n) is 2.71. The van der Waals surface area contributed by atoms with Gasteiger partial charge in [-0.3, -0.25) is 0 Å². The summed E-state index contributed by atoms with van der Waals surface area (Å²) in [5.74, 6) is 0. The van der Waals surface area contributed by atoms with E-state index < -0.39 is 0 Å². The van der Waals surface area contributed by atoms with Crippen LogP contribution in [0.5, 0.6) is 0 Å². The molecule has 0 aliphatic carbocycles. The molecule has 0 saturated heterocycles. The Hall–Kier alpha value is 1.48. The molecule has 0 fully saturated rings. The summed E-state index contributed by atoms with van der Waals surface area (Å²) in [5, 5.41) is 0. The van der Waals surface area contributed by atoms with E-state index in [9.17, 15) is 0 Å². The fourth-order valence-electron chi connectivity index (χ4n) is 1.74. The van der Waals surface area contributed by atoms with E-state index in [4.69, 9.17) is 0 Å². The van der Waals surface area contributed by atoms with Gasteiger partial charge in [0.05, 0.1) is 0 Å². The zero-order chi connectivity index (χ0) is 9.78. The van der Waals surface area contributed by atoms with Crippen LogP contribution in [0.25, 0.3) is 0 Å². The van der Waals surface area contributed by atoms with E-state index in [1.54, 1.807) is 0 Å². The molecule has 0 atom stereocenters. The molecule has 0 heterocycles. The van der Waals surface area contributed by atoms with Crippen LogP contribution >= 0.6 is 17.0 Å². The van der Waals surface area contributed by atoms with Crippen molar-refractivity contribution >= 4 is 44.9 Å². The van der Waals surface area contributed by atoms with E-state index in [-0.39, 0.29) is 17.0 Å². The second-order valence-electron chi connectivity index (χ2n) is 4.18. The number of halogens is 1. The number of rotatable bonds is 10. The van der Waals surface area contributed by atoms with Crippen molar-refractivity contribution in [2.45, 2.75) is 74.8 Å². The van der Waals surface area contributed by atoms with E-state index in [0.29, 0.717) is 0 Å². The third-order valence-corrected chi connectivity index (χ3v) is 3.41. The molecule has 0 rings (SSSR count). The molecule has 0 aliphatic heterocycles. The Morgan fingerprint density at radius 3 is 1.36 bits per heavy atom. The average Bonchev–Trinajstić information content (AvgIpc) is 2.16. The van der Waals surface area contributed by atoms with Gasteiger partial charge in [-0.05, 0) is 0 Å². The van der Waals surface area contributed by atoms with Crippen molar-refractivity contribution in [3.63, 3.8) is 0 Å². The van der Waals surface area contributed by atoms with Gasteiger partial charge in [0.1, 0.15) is 0 Å². The van der Waals surface area contributed by atoms with Gasteiger partial charge in [-0.25, -0.2) is 0 Å². The standard InChI is InChI=1S/C12H25.BrH.Na/c1-3-5-7-9-11-12-10-8-6-4-2;;/h1,3-12H2,2H3;1H;. The normalized spacial score (nSPS) is 9.93. The molecule has 82 valence electrons. The predicted octanol–water partition coefficient (Wildman–Crippen LogP) is 5.07. The summed E-state index contributed by atoms with van der Waals surface area (Å²) in [6.07, 6.45) is 14.7. The molecule has 0 unspecified atom stereocenters. The molecule has 0 nitrogen and oxygen atoms in total. The fourth-order valence-corrected chi connectivity index (χ4v) is 2.24. The minimum atomic E-state index is 0. The molecule has 0 aliphatic rings. The molecule has 0 aromatic heterocycles. The van der Waals surface area contributed by atoms with Gasteiger partial charge in [-0.15, -0.1) is 17.0 Å². The van der Waals surface area contributed by atoms with Gasteiger partial charge in [0.15, 0.2) is 0 Å². The number of unbranched alkanes of at least 4 members (excludes halogenated alkanes) is 9. The first-order chi connectivity index (χ1) is 6.41. The maximum atomic E-state index is 2.29. The Bertz CT molecular complexity index is 76.4. The Morgan fingerprint density at radius 2 is 1.00 bits per heavy atom. The summed E-state index contributed by atoms with van der Waals surface area (Å²) < 4.78 is 1.51. The van der Waals surface area contributed by atoms with Crippen LogP contribution in [-0.4, -0.2) is 27.9 Å². The van der Waals surface area contributed by atoms with Crippen LogP contribution in [0.2, 0.25) is 3.67 Å². The van der Waals surface area contributed by atoms with Crippen molar-refractivity contribution < 1.29 is 0 Å². The summed E-state index contributed by atoms with van der Waals surface area (Å²) in [6.45, 7) is 2.29. The summed E-state index contributed by atoms with van der Waals surface area (Å²) >= 11 is 1.41. The van der Waals surface area contributed by atoms with Crippen molar-refractivity contribution in [3.05, 3.63) is 0 Å². The van der Waals surface area contributed by atoms with Gasteiger partial charge in [0.2, 0.25) is 0 Å². The predicted molar refractivity (Wildman–Crippen MR) is 72.7 cm³/mol. The molecular weight excluding hydrogens is 247 g/mol. The zero-order valence-electron chi connectivity index (χ0n) is 10.2. The molecule has 0 aromatic carbocycles. The number of hydrogen-bond donors (Lipinski definition) is 0. The molecule has 0 radical (unpaired) electrons. The first kappa shape index (κ1) is 17.9. The Labute approximate surface area is 119 Å². The van der Waals surface area contributed by atoms with Crippen LogP contribution in [0.1, 0.15) is 71.1 Å². The Kier molecular flexibility index (Phi) is 21.6. The topological polar surface area (TPSA) is 0 Å². The maximum absolute atomic E-state index is 2.29. The van der Waals surface area contributed by atoms with Crippen LogP contribution in [0.15, 0.2) is 0 Å². The summed E-state index contributed by atoms with van der Waals surface area (Å²) in [6, 6.07) is 0. The fraction of sp³-hybridized carbons (Fsp3) is 1.00. The molecule has 0 N–H and O–H groups in total. The van der Waals surface area contributed by atoms with E-state index in [0.717, 1.165) is 0 Å². The average molecular weight is 273 g/mol. The Balaban J connectivity index is 0. The van der Waals surface area contributed by atoms with Crippen LogP contribution in [0, 0.1) is 0 Å². The molecule has 0 aromatic rings. The molecule has 0 amide bonds. The van der Waals surface area contributed by atoms with Crippen LogP contribution in [-0.2, 0) is 0 Å². The van der Waals surface area contributed by atoms with E-state index in [1.807, 2.05) is 0 Å². The number of hydrogen-bond acceptors (Lipinski definition) is 0. The third kappa shape index (κ3) is 15.9. The summed E-state index contributed by atoms with van der Waals surface area (Å²) in [7, 11) is 0. The van der Waals surface area contributed by atoms with E-state index in [1.165, 1.54) is 95.8 Å². The van der Waals surface area contributed by atoms with Crippen molar-refractivity contribution in [2.24, 2.45) is 0 Å². The molecule has 0 bridgehead atoms. The van der Waals surface area contributed by atoms with Gasteiger partial charge in [0, 0.05) is 0 Å². The summed E-state index contributed by atoms with van der Waals surface area (Å²) in [5.41, 5.74) is 0. The van der Waals surface area contributed by atoms with E-state index >= 15 is 0 Å². The quantitative estimate of drug-likeness (QED) is 0.385. The first-order valence-corrected chi connectivity index (χ1v) is 7.83. The molecule has 2 heteroatoms. The van der Waals surface area contributed by atoms with Crippen molar-refractivity contribution in [1.82, 2.24) is 0 Å². The molecule has 0 saturated carbocycles. The minimum absolute atomic E-state index is 0. The van der Waals surface area contributed by atoms with Crippen molar-refractivity contribution in [3.8, 4) is 0 Å². The summed E-state index contributed by atoms with van der Waals surface area (Å²) in [4.78, 5) is 0. The zero-order valence-corrected chi connectivity index (χ0v) is 13.9. The van der Waals surface area contributed by atoms with Gasteiger partial charge in [0.25, 0.3) is 0 Å². The van der Waals surface area contributed by atoms with E-state index in [2.05, 4.69) is 6.92 Å². The van der Waals surface area contributed by atoms with Crippen LogP contribution in [0.3, 0.4) is 0 Å². The van der Waals surface area contributed by atoms with Crippen molar-refractivity contribution in [1.29, 1.82) is 0 Å². The molecule has 0 spiro atoms. The van der Waals surface area contributed by atoms with Crippen LogP contribution < -0.4 is 0 Å². The van der Waals surface area contributed by atoms with Crippen molar-refractivity contribution in [2.75, 3.05) is 0 Å². The van der Waals surface area contributed by atoms with Gasteiger partial charge < -0.3 is 0 Å². The second kappa shape index (κ2) is 16.9. The van der Waals surface area contributed by atoms with Gasteiger partial charge in [-0.1, -0.05) is 0 Å². The monoisotopic (exact) mass is 272 g/mol.